The van der Waals surface area contributed by atoms with E-state index in [9.17, 15) is 4.79 Å². The molecule has 1 aliphatic heterocycles. The average Bonchev–Trinajstić information content (AvgIpc) is 3.26. The van der Waals surface area contributed by atoms with E-state index in [0.29, 0.717) is 41.2 Å². The van der Waals surface area contributed by atoms with Crippen LogP contribution in [0.2, 0.25) is 5.15 Å². The molecule has 2 heterocycles. The summed E-state index contributed by atoms with van der Waals surface area (Å²) in [6.07, 6.45) is 3.51. The summed E-state index contributed by atoms with van der Waals surface area (Å²) in [5.74, 6) is 0.609. The van der Waals surface area contributed by atoms with Crippen LogP contribution in [0, 0.1) is 0 Å². The molecule has 1 aromatic heterocycles. The molecule has 6 nitrogen and oxygen atoms in total. The van der Waals surface area contributed by atoms with Crippen molar-refractivity contribution in [1.29, 1.82) is 0 Å². The molecule has 1 aromatic rings. The Morgan fingerprint density at radius 2 is 2.30 bits per heavy atom. The molecular formula is C12H14BrClN4O2. The molecule has 1 N–H and O–H groups in total. The van der Waals surface area contributed by atoms with E-state index in [1.807, 2.05) is 4.90 Å². The van der Waals surface area contributed by atoms with Crippen molar-refractivity contribution in [2.75, 3.05) is 24.7 Å². The number of nitrogens with zero attached hydrogens (tertiary/aromatic N) is 3. The van der Waals surface area contributed by atoms with Crippen molar-refractivity contribution in [3.63, 3.8) is 0 Å². The summed E-state index contributed by atoms with van der Waals surface area (Å²) in [6.45, 7) is 1.50. The summed E-state index contributed by atoms with van der Waals surface area (Å²) < 4.78 is 6.04. The van der Waals surface area contributed by atoms with E-state index in [2.05, 4.69) is 31.2 Å². The molecular weight excluding hydrogens is 348 g/mol. The Morgan fingerprint density at radius 3 is 3.05 bits per heavy atom. The lowest BCUT2D eigenvalue weighted by molar-refractivity contribution is -0.124. The number of carbonyl (C=O) groups excluding carboxylic acids is 1. The highest BCUT2D eigenvalue weighted by atomic mass is 79.9. The molecule has 0 bridgehead atoms. The molecule has 1 saturated carbocycles. The molecule has 108 valence electrons. The van der Waals surface area contributed by atoms with Crippen LogP contribution in [0.4, 0.5) is 5.82 Å². The second kappa shape index (κ2) is 5.83. The lowest BCUT2D eigenvalue weighted by atomic mass is 10.2. The van der Waals surface area contributed by atoms with Crippen molar-refractivity contribution in [1.82, 2.24) is 15.3 Å². The van der Waals surface area contributed by atoms with Crippen LogP contribution >= 0.6 is 27.5 Å². The first-order valence-electron chi connectivity index (χ1n) is 6.47. The number of carbonyl (C=O) groups is 1. The van der Waals surface area contributed by atoms with Gasteiger partial charge >= 0.3 is 0 Å². The maximum atomic E-state index is 12.3. The van der Waals surface area contributed by atoms with Crippen molar-refractivity contribution in [2.45, 2.75) is 24.9 Å². The lowest BCUT2D eigenvalue weighted by Gasteiger charge is -2.35. The summed E-state index contributed by atoms with van der Waals surface area (Å²) in [7, 11) is 0. The van der Waals surface area contributed by atoms with Gasteiger partial charge in [-0.3, -0.25) is 4.79 Å². The zero-order chi connectivity index (χ0) is 14.1. The van der Waals surface area contributed by atoms with E-state index in [0.717, 1.165) is 12.8 Å². The smallest absolute Gasteiger partial charge is 0.245 e. The molecule has 3 rings (SSSR count). The first kappa shape index (κ1) is 14.0. The highest BCUT2D eigenvalue weighted by molar-refractivity contribution is 9.10. The van der Waals surface area contributed by atoms with Gasteiger partial charge in [-0.1, -0.05) is 11.6 Å². The third-order valence-electron chi connectivity index (χ3n) is 3.36. The fourth-order valence-corrected chi connectivity index (χ4v) is 2.70. The Kier molecular flexibility index (Phi) is 4.09. The zero-order valence-electron chi connectivity index (χ0n) is 10.7. The number of hydrogen-bond donors (Lipinski definition) is 1. The van der Waals surface area contributed by atoms with Crippen molar-refractivity contribution < 1.29 is 9.53 Å². The maximum Gasteiger partial charge on any atom is 0.245 e. The predicted molar refractivity (Wildman–Crippen MR) is 77.9 cm³/mol. The number of ether oxygens (including phenoxy) is 1. The minimum absolute atomic E-state index is 0.0196. The van der Waals surface area contributed by atoms with Crippen LogP contribution in [0.3, 0.4) is 0 Å². The highest BCUT2D eigenvalue weighted by Crippen LogP contribution is 2.31. The normalized spacial score (nSPS) is 22.7. The van der Waals surface area contributed by atoms with Gasteiger partial charge in [-0.15, -0.1) is 0 Å². The molecule has 1 atom stereocenters. The number of rotatable bonds is 3. The molecule has 8 heteroatoms. The molecule has 1 unspecified atom stereocenters. The second-order valence-corrected chi connectivity index (χ2v) is 6.02. The van der Waals surface area contributed by atoms with Crippen molar-refractivity contribution in [3.8, 4) is 0 Å². The van der Waals surface area contributed by atoms with E-state index < -0.39 is 0 Å². The minimum atomic E-state index is -0.383. The second-order valence-electron chi connectivity index (χ2n) is 4.87. The minimum Gasteiger partial charge on any atom is -0.377 e. The van der Waals surface area contributed by atoms with Crippen molar-refractivity contribution in [2.24, 2.45) is 0 Å². The van der Waals surface area contributed by atoms with Crippen LogP contribution in [0.1, 0.15) is 12.8 Å². The largest absolute Gasteiger partial charge is 0.377 e. The van der Waals surface area contributed by atoms with Crippen LogP contribution in [0.5, 0.6) is 0 Å². The van der Waals surface area contributed by atoms with Gasteiger partial charge in [0.1, 0.15) is 23.3 Å². The molecule has 1 amide bonds. The fourth-order valence-electron chi connectivity index (χ4n) is 2.14. The molecule has 2 aliphatic rings. The topological polar surface area (TPSA) is 67.3 Å². The van der Waals surface area contributed by atoms with Crippen molar-refractivity contribution in [3.05, 3.63) is 16.0 Å². The van der Waals surface area contributed by atoms with Gasteiger partial charge in [-0.2, -0.15) is 0 Å². The molecule has 0 aromatic carbocycles. The number of amides is 1. The number of hydrogen-bond acceptors (Lipinski definition) is 5. The third-order valence-corrected chi connectivity index (χ3v) is 4.60. The van der Waals surface area contributed by atoms with Crippen LogP contribution in [-0.4, -0.2) is 47.7 Å². The number of anilines is 1. The van der Waals surface area contributed by atoms with Gasteiger partial charge < -0.3 is 15.0 Å². The summed E-state index contributed by atoms with van der Waals surface area (Å²) in [5, 5.41) is 3.34. The number of nitrogens with one attached hydrogen (secondary N) is 1. The van der Waals surface area contributed by atoms with Gasteiger partial charge in [-0.05, 0) is 28.8 Å². The lowest BCUT2D eigenvalue weighted by Crippen LogP contribution is -2.54. The van der Waals surface area contributed by atoms with Crippen LogP contribution < -0.4 is 10.2 Å². The monoisotopic (exact) mass is 360 g/mol. The molecule has 1 aliphatic carbocycles. The number of halogens is 2. The van der Waals surface area contributed by atoms with E-state index in [1.165, 1.54) is 6.33 Å². The quantitative estimate of drug-likeness (QED) is 0.824. The van der Waals surface area contributed by atoms with Gasteiger partial charge in [0, 0.05) is 12.6 Å². The van der Waals surface area contributed by atoms with Crippen LogP contribution in [-0.2, 0) is 9.53 Å². The van der Waals surface area contributed by atoms with Gasteiger partial charge in [0.15, 0.2) is 0 Å². The summed E-state index contributed by atoms with van der Waals surface area (Å²) in [4.78, 5) is 22.4. The first-order valence-corrected chi connectivity index (χ1v) is 7.64. The third kappa shape index (κ3) is 2.89. The van der Waals surface area contributed by atoms with Crippen LogP contribution in [0.15, 0.2) is 10.8 Å². The number of aromatic nitrogens is 2. The first-order chi connectivity index (χ1) is 9.66. The average molecular weight is 362 g/mol. The van der Waals surface area contributed by atoms with E-state index in [4.69, 9.17) is 16.3 Å². The van der Waals surface area contributed by atoms with E-state index >= 15 is 0 Å². The predicted octanol–water partition coefficient (Wildman–Crippen LogP) is 1.38. The Bertz CT molecular complexity index is 526. The molecule has 20 heavy (non-hydrogen) atoms. The molecule has 2 fully saturated rings. The summed E-state index contributed by atoms with van der Waals surface area (Å²) in [6, 6.07) is -0.0599. The number of morpholine rings is 1. The fraction of sp³-hybridized carbons (Fsp3) is 0.583. The Morgan fingerprint density at radius 1 is 1.50 bits per heavy atom. The highest BCUT2D eigenvalue weighted by Gasteiger charge is 2.34. The van der Waals surface area contributed by atoms with Gasteiger partial charge in [0.05, 0.1) is 17.7 Å². The standard InChI is InChI=1S/C12H14BrClN4O2/c13-9-10(14)15-6-16-11(9)18-3-4-20-5-8(18)12(19)17-7-1-2-7/h6-8H,1-5H2,(H,17,19). The Balaban J connectivity index is 1.84. The Hall–Kier alpha value is -0.920. The molecule has 0 spiro atoms. The zero-order valence-corrected chi connectivity index (χ0v) is 13.0. The van der Waals surface area contributed by atoms with E-state index in [1.54, 1.807) is 0 Å². The van der Waals surface area contributed by atoms with Gasteiger partial charge in [0.25, 0.3) is 0 Å². The van der Waals surface area contributed by atoms with Crippen LogP contribution in [0.25, 0.3) is 0 Å². The van der Waals surface area contributed by atoms with E-state index in [-0.39, 0.29) is 11.9 Å². The van der Waals surface area contributed by atoms with Gasteiger partial charge in [0.2, 0.25) is 5.91 Å². The maximum absolute atomic E-state index is 12.3. The van der Waals surface area contributed by atoms with Crippen molar-refractivity contribution >= 4 is 39.3 Å². The summed E-state index contributed by atoms with van der Waals surface area (Å²) >= 11 is 9.38. The molecule has 0 radical (unpaired) electrons. The molecule has 1 saturated heterocycles. The Labute approximate surface area is 130 Å². The summed E-state index contributed by atoms with van der Waals surface area (Å²) in [5.41, 5.74) is 0. The van der Waals surface area contributed by atoms with Gasteiger partial charge in [-0.25, -0.2) is 9.97 Å². The SMILES string of the molecule is O=C(NC1CC1)C1COCCN1c1ncnc(Cl)c1Br.